The van der Waals surface area contributed by atoms with Crippen LogP contribution in [0.3, 0.4) is 0 Å². The first-order valence-corrected chi connectivity index (χ1v) is 9.87. The first kappa shape index (κ1) is 17.3. The fourth-order valence-electron chi connectivity index (χ4n) is 4.26. The smallest absolute Gasteiger partial charge is 0.222 e. The number of para-hydroxylation sites is 1. The average molecular weight is 375 g/mol. The number of aromatic nitrogens is 3. The van der Waals surface area contributed by atoms with Gasteiger partial charge in [-0.05, 0) is 49.1 Å². The molecule has 2 aromatic carbocycles. The minimum atomic E-state index is 0.455. The molecule has 0 radical (unpaired) electrons. The van der Waals surface area contributed by atoms with Crippen molar-refractivity contribution >= 4 is 17.3 Å². The van der Waals surface area contributed by atoms with Gasteiger partial charge in [-0.1, -0.05) is 24.3 Å². The zero-order chi connectivity index (χ0) is 19.0. The van der Waals surface area contributed by atoms with Crippen molar-refractivity contribution in [3.05, 3.63) is 54.4 Å². The molecule has 3 heterocycles. The largest absolute Gasteiger partial charge is 0.380 e. The van der Waals surface area contributed by atoms with Crippen molar-refractivity contribution in [2.45, 2.75) is 19.8 Å². The van der Waals surface area contributed by atoms with Crippen molar-refractivity contribution in [3.8, 4) is 11.1 Å². The molecule has 5 rings (SSSR count). The van der Waals surface area contributed by atoms with Crippen LogP contribution in [-0.4, -0.2) is 41.5 Å². The molecule has 0 unspecified atom stereocenters. The van der Waals surface area contributed by atoms with Gasteiger partial charge in [0.1, 0.15) is 6.33 Å². The summed E-state index contributed by atoms with van der Waals surface area (Å²) in [6.45, 7) is 6.26. The number of hydrogen-bond acceptors (Lipinski definition) is 5. The minimum Gasteiger partial charge on any atom is -0.380 e. The Hall–Kier alpha value is -2.86. The molecule has 0 aliphatic carbocycles. The van der Waals surface area contributed by atoms with E-state index < -0.39 is 0 Å². The summed E-state index contributed by atoms with van der Waals surface area (Å²) in [5.74, 6) is 0.643. The zero-order valence-corrected chi connectivity index (χ0v) is 16.1. The predicted molar refractivity (Wildman–Crippen MR) is 111 cm³/mol. The van der Waals surface area contributed by atoms with Crippen LogP contribution in [0.15, 0.2) is 48.8 Å². The molecule has 2 N–H and O–H groups in total. The second kappa shape index (κ2) is 6.95. The molecule has 2 aliphatic heterocycles. The maximum absolute atomic E-state index is 5.47. The van der Waals surface area contributed by atoms with E-state index in [0.29, 0.717) is 11.4 Å². The number of nitrogens with one attached hydrogen (secondary N) is 2. The van der Waals surface area contributed by atoms with Gasteiger partial charge in [0, 0.05) is 35.4 Å². The molecular formula is C22H25N5O. The molecule has 0 atom stereocenters. The Bertz CT molecular complexity index is 955. The van der Waals surface area contributed by atoms with E-state index >= 15 is 0 Å². The van der Waals surface area contributed by atoms with Crippen LogP contribution < -0.4 is 10.2 Å². The van der Waals surface area contributed by atoms with E-state index in [1.54, 1.807) is 0 Å². The third kappa shape index (κ3) is 3.24. The molecule has 6 nitrogen and oxygen atoms in total. The highest BCUT2D eigenvalue weighted by atomic mass is 16.5. The van der Waals surface area contributed by atoms with Crippen molar-refractivity contribution in [2.75, 3.05) is 36.5 Å². The van der Waals surface area contributed by atoms with E-state index in [4.69, 9.17) is 4.74 Å². The van der Waals surface area contributed by atoms with Gasteiger partial charge in [-0.2, -0.15) is 10.1 Å². The van der Waals surface area contributed by atoms with Gasteiger partial charge in [0.05, 0.1) is 13.2 Å². The molecule has 0 bridgehead atoms. The summed E-state index contributed by atoms with van der Waals surface area (Å²) in [5.41, 5.74) is 6.42. The van der Waals surface area contributed by atoms with E-state index in [2.05, 4.69) is 68.7 Å². The van der Waals surface area contributed by atoms with E-state index in [9.17, 15) is 0 Å². The molecular weight excluding hydrogens is 350 g/mol. The van der Waals surface area contributed by atoms with Crippen molar-refractivity contribution in [2.24, 2.45) is 5.41 Å². The molecule has 1 aromatic heterocycles. The van der Waals surface area contributed by atoms with E-state index in [0.717, 1.165) is 37.6 Å². The zero-order valence-electron chi connectivity index (χ0n) is 16.1. The van der Waals surface area contributed by atoms with Crippen molar-refractivity contribution < 1.29 is 4.74 Å². The topological polar surface area (TPSA) is 66.1 Å². The number of nitrogens with zero attached hydrogens (tertiary/aromatic N) is 3. The van der Waals surface area contributed by atoms with Crippen molar-refractivity contribution in [1.82, 2.24) is 15.2 Å². The maximum Gasteiger partial charge on any atom is 0.222 e. The highest BCUT2D eigenvalue weighted by molar-refractivity contribution is 5.82. The summed E-state index contributed by atoms with van der Waals surface area (Å²) in [6.07, 6.45) is 3.95. The normalized spacial score (nSPS) is 18.1. The standard InChI is InChI=1S/C22H25N5O/c1-16-10-17(19-4-2-3-5-20(19)25-21-23-15-24-26-21)12-18(11-16)27-8-6-22(7-9-27)13-28-14-22/h2-5,10-12,15H,6-9,13-14H2,1H3,(H2,23,24,25,26). The summed E-state index contributed by atoms with van der Waals surface area (Å²) in [4.78, 5) is 6.71. The van der Waals surface area contributed by atoms with Crippen LogP contribution in [0.5, 0.6) is 0 Å². The molecule has 3 aromatic rings. The Morgan fingerprint density at radius 1 is 1.11 bits per heavy atom. The number of ether oxygens (including phenoxy) is 1. The molecule has 2 aliphatic rings. The quantitative estimate of drug-likeness (QED) is 0.717. The number of rotatable bonds is 4. The number of aromatic amines is 1. The van der Waals surface area contributed by atoms with Gasteiger partial charge in [0.25, 0.3) is 0 Å². The lowest BCUT2D eigenvalue weighted by molar-refractivity contribution is -0.124. The average Bonchev–Trinajstić information content (AvgIpc) is 3.20. The van der Waals surface area contributed by atoms with Crippen LogP contribution in [0.25, 0.3) is 11.1 Å². The van der Waals surface area contributed by atoms with Crippen molar-refractivity contribution in [1.29, 1.82) is 0 Å². The Morgan fingerprint density at radius 3 is 2.64 bits per heavy atom. The molecule has 2 fully saturated rings. The molecule has 6 heteroatoms. The number of benzene rings is 2. The summed E-state index contributed by atoms with van der Waals surface area (Å²) in [5, 5.41) is 10.1. The highest BCUT2D eigenvalue weighted by Gasteiger charge is 2.41. The maximum atomic E-state index is 5.47. The highest BCUT2D eigenvalue weighted by Crippen LogP contribution is 2.40. The molecule has 1 spiro atoms. The van der Waals surface area contributed by atoms with Crippen molar-refractivity contribution in [3.63, 3.8) is 0 Å². The Balaban J connectivity index is 1.43. The summed E-state index contributed by atoms with van der Waals surface area (Å²) >= 11 is 0. The lowest BCUT2D eigenvalue weighted by atomic mass is 9.76. The fourth-order valence-corrected chi connectivity index (χ4v) is 4.26. The van der Waals surface area contributed by atoms with Gasteiger partial charge in [0.2, 0.25) is 5.95 Å². The lowest BCUT2D eigenvalue weighted by Crippen LogP contribution is -2.50. The molecule has 0 amide bonds. The van der Waals surface area contributed by atoms with Crippen LogP contribution in [0.4, 0.5) is 17.3 Å². The summed E-state index contributed by atoms with van der Waals surface area (Å²) < 4.78 is 5.47. The van der Waals surface area contributed by atoms with Gasteiger partial charge in [-0.15, -0.1) is 0 Å². The number of hydrogen-bond donors (Lipinski definition) is 2. The number of H-pyrrole nitrogens is 1. The number of anilines is 3. The Kier molecular flexibility index (Phi) is 4.28. The minimum absolute atomic E-state index is 0.455. The van der Waals surface area contributed by atoms with E-state index in [-0.39, 0.29) is 0 Å². The van der Waals surface area contributed by atoms with Crippen LogP contribution in [-0.2, 0) is 4.74 Å². The van der Waals surface area contributed by atoms with Gasteiger partial charge in [-0.25, -0.2) is 5.10 Å². The van der Waals surface area contributed by atoms with Gasteiger partial charge >= 0.3 is 0 Å². The second-order valence-corrected chi connectivity index (χ2v) is 8.04. The first-order valence-electron chi connectivity index (χ1n) is 9.87. The molecule has 2 saturated heterocycles. The molecule has 0 saturated carbocycles. The molecule has 144 valence electrons. The molecule has 28 heavy (non-hydrogen) atoms. The van der Waals surface area contributed by atoms with E-state index in [1.165, 1.54) is 36.0 Å². The Morgan fingerprint density at radius 2 is 1.93 bits per heavy atom. The lowest BCUT2D eigenvalue weighted by Gasteiger charge is -2.48. The van der Waals surface area contributed by atoms with E-state index in [1.807, 2.05) is 6.07 Å². The van der Waals surface area contributed by atoms with Crippen LogP contribution >= 0.6 is 0 Å². The fraction of sp³-hybridized carbons (Fsp3) is 0.364. The monoisotopic (exact) mass is 375 g/mol. The Labute approximate surface area is 164 Å². The second-order valence-electron chi connectivity index (χ2n) is 8.04. The third-order valence-electron chi connectivity index (χ3n) is 5.97. The van der Waals surface area contributed by atoms with Crippen LogP contribution in [0.1, 0.15) is 18.4 Å². The summed E-state index contributed by atoms with van der Waals surface area (Å²) in [7, 11) is 0. The number of piperidine rings is 1. The van der Waals surface area contributed by atoms with Gasteiger partial charge < -0.3 is 15.0 Å². The predicted octanol–water partition coefficient (Wildman–Crippen LogP) is 4.14. The van der Waals surface area contributed by atoms with Gasteiger partial charge in [-0.3, -0.25) is 0 Å². The SMILES string of the molecule is Cc1cc(-c2ccccc2Nc2ncn[nH]2)cc(N2CCC3(CC2)COC3)c1. The third-order valence-corrected chi connectivity index (χ3v) is 5.97. The van der Waals surface area contributed by atoms with Crippen LogP contribution in [0, 0.1) is 12.3 Å². The summed E-state index contributed by atoms with van der Waals surface area (Å²) in [6, 6.07) is 15.2. The van der Waals surface area contributed by atoms with Gasteiger partial charge in [0.15, 0.2) is 0 Å². The van der Waals surface area contributed by atoms with Crippen LogP contribution in [0.2, 0.25) is 0 Å². The number of aryl methyl sites for hydroxylation is 1. The first-order chi connectivity index (χ1) is 13.7.